The number of rotatable bonds is 5. The number of nitrogens with zero attached hydrogens (tertiary/aromatic N) is 2. The lowest BCUT2D eigenvalue weighted by Gasteiger charge is -2.19. The molecule has 0 bridgehead atoms. The van der Waals surface area contributed by atoms with Gasteiger partial charge < -0.3 is 4.74 Å². The first-order chi connectivity index (χ1) is 12.2. The van der Waals surface area contributed by atoms with E-state index in [4.69, 9.17) is 4.74 Å². The van der Waals surface area contributed by atoms with Gasteiger partial charge in [0.1, 0.15) is 5.56 Å². The zero-order valence-electron chi connectivity index (χ0n) is 15.6. The van der Waals surface area contributed by atoms with E-state index in [0.29, 0.717) is 12.5 Å². The highest BCUT2D eigenvalue weighted by molar-refractivity contribution is 5.76. The molecule has 4 heteroatoms. The van der Waals surface area contributed by atoms with Gasteiger partial charge in [-0.15, -0.1) is 0 Å². The van der Waals surface area contributed by atoms with Gasteiger partial charge in [-0.1, -0.05) is 24.6 Å². The normalized spacial score (nSPS) is 16.8. The maximum absolute atomic E-state index is 13.3. The molecule has 0 spiro atoms. The summed E-state index contributed by atoms with van der Waals surface area (Å²) in [6.07, 6.45) is 5.58. The molecule has 25 heavy (non-hydrogen) atoms. The maximum Gasteiger partial charge on any atom is 0.278 e. The number of aromatic nitrogens is 2. The van der Waals surface area contributed by atoms with Crippen molar-refractivity contribution in [2.45, 2.75) is 71.9 Å². The van der Waals surface area contributed by atoms with E-state index >= 15 is 0 Å². The van der Waals surface area contributed by atoms with Crippen molar-refractivity contribution in [2.75, 3.05) is 6.61 Å². The lowest BCUT2D eigenvalue weighted by molar-refractivity contribution is 0.263. The van der Waals surface area contributed by atoms with E-state index < -0.39 is 0 Å². The molecule has 2 aromatic rings. The second-order valence-corrected chi connectivity index (χ2v) is 7.39. The van der Waals surface area contributed by atoms with Gasteiger partial charge in [-0.05, 0) is 68.6 Å². The Hall–Kier alpha value is -1.97. The molecule has 1 aliphatic heterocycles. The Kier molecular flexibility index (Phi) is 4.22. The van der Waals surface area contributed by atoms with E-state index in [-0.39, 0.29) is 5.56 Å². The van der Waals surface area contributed by atoms with Crippen LogP contribution in [0.25, 0.3) is 11.1 Å². The Morgan fingerprint density at radius 3 is 2.44 bits per heavy atom. The highest BCUT2D eigenvalue weighted by Gasteiger charge is 2.32. The molecule has 1 aliphatic carbocycles. The Morgan fingerprint density at radius 1 is 1.08 bits per heavy atom. The summed E-state index contributed by atoms with van der Waals surface area (Å²) >= 11 is 0. The molecule has 0 atom stereocenters. The maximum atomic E-state index is 13.3. The fraction of sp³-hybridized carbons (Fsp3) is 0.571. The molecule has 1 fully saturated rings. The second-order valence-electron chi connectivity index (χ2n) is 7.39. The summed E-state index contributed by atoms with van der Waals surface area (Å²) in [6, 6.07) is 4.54. The Labute approximate surface area is 149 Å². The van der Waals surface area contributed by atoms with E-state index in [9.17, 15) is 4.79 Å². The van der Waals surface area contributed by atoms with Crippen LogP contribution in [-0.4, -0.2) is 16.0 Å². The van der Waals surface area contributed by atoms with Gasteiger partial charge in [0.15, 0.2) is 0 Å². The molecular formula is C21H28N2O2. The van der Waals surface area contributed by atoms with E-state index in [1.54, 1.807) is 0 Å². The molecule has 0 amide bonds. The predicted octanol–water partition coefficient (Wildman–Crippen LogP) is 4.26. The lowest BCUT2D eigenvalue weighted by atomic mass is 9.90. The second kappa shape index (κ2) is 6.40. The summed E-state index contributed by atoms with van der Waals surface area (Å²) in [4.78, 5) is 13.3. The Bertz CT molecular complexity index is 856. The largest absolute Gasteiger partial charge is 0.478 e. The van der Waals surface area contributed by atoms with Crippen LogP contribution in [0.1, 0.15) is 62.1 Å². The molecule has 2 aliphatic rings. The molecule has 0 saturated heterocycles. The van der Waals surface area contributed by atoms with Crippen LogP contribution in [0.4, 0.5) is 0 Å². The minimum absolute atomic E-state index is 0.128. The van der Waals surface area contributed by atoms with Crippen molar-refractivity contribution in [2.24, 2.45) is 0 Å². The molecule has 1 aromatic heterocycles. The molecule has 4 rings (SSSR count). The number of hydrogen-bond acceptors (Lipinski definition) is 2. The average molecular weight is 340 g/mol. The van der Waals surface area contributed by atoms with Gasteiger partial charge >= 0.3 is 0 Å². The smallest absolute Gasteiger partial charge is 0.278 e. The monoisotopic (exact) mass is 340 g/mol. The van der Waals surface area contributed by atoms with Gasteiger partial charge in [0, 0.05) is 13.1 Å². The minimum atomic E-state index is 0.128. The summed E-state index contributed by atoms with van der Waals surface area (Å²) in [7, 11) is 0. The summed E-state index contributed by atoms with van der Waals surface area (Å²) in [5.74, 6) is 1.39. The van der Waals surface area contributed by atoms with Gasteiger partial charge in [0.05, 0.1) is 6.61 Å². The van der Waals surface area contributed by atoms with Crippen molar-refractivity contribution in [1.82, 2.24) is 9.36 Å². The molecule has 134 valence electrons. The average Bonchev–Trinajstić information content (AvgIpc) is 3.43. The first kappa shape index (κ1) is 16.5. The first-order valence-electron chi connectivity index (χ1n) is 9.75. The fourth-order valence-corrected chi connectivity index (χ4v) is 4.23. The van der Waals surface area contributed by atoms with Crippen LogP contribution in [-0.2, 0) is 19.5 Å². The van der Waals surface area contributed by atoms with Crippen molar-refractivity contribution in [3.8, 4) is 17.0 Å². The quantitative estimate of drug-likeness (QED) is 0.815. The zero-order chi connectivity index (χ0) is 17.6. The summed E-state index contributed by atoms with van der Waals surface area (Å²) in [5.41, 5.74) is 6.04. The third-order valence-corrected chi connectivity index (χ3v) is 5.50. The van der Waals surface area contributed by atoms with Crippen LogP contribution in [0, 0.1) is 6.92 Å². The van der Waals surface area contributed by atoms with Crippen LogP contribution in [0.3, 0.4) is 0 Å². The molecule has 2 heterocycles. The number of aryl methyl sites for hydroxylation is 2. The molecule has 4 nitrogen and oxygen atoms in total. The van der Waals surface area contributed by atoms with Gasteiger partial charge in [-0.2, -0.15) is 0 Å². The highest BCUT2D eigenvalue weighted by Crippen LogP contribution is 2.47. The van der Waals surface area contributed by atoms with Crippen molar-refractivity contribution >= 4 is 0 Å². The molecule has 0 unspecified atom stereocenters. The number of ether oxygens (including phenoxy) is 1. The predicted molar refractivity (Wildman–Crippen MR) is 101 cm³/mol. The van der Waals surface area contributed by atoms with Gasteiger partial charge in [-0.3, -0.25) is 9.48 Å². The van der Waals surface area contributed by atoms with E-state index in [1.165, 1.54) is 35.1 Å². The van der Waals surface area contributed by atoms with Crippen LogP contribution in [0.2, 0.25) is 0 Å². The number of benzene rings is 1. The van der Waals surface area contributed by atoms with E-state index in [0.717, 1.165) is 43.8 Å². The van der Waals surface area contributed by atoms with E-state index in [2.05, 4.69) is 30.7 Å². The highest BCUT2D eigenvalue weighted by atomic mass is 16.5. The van der Waals surface area contributed by atoms with Crippen LogP contribution >= 0.6 is 0 Å². The summed E-state index contributed by atoms with van der Waals surface area (Å²) in [5, 5.41) is 0. The van der Waals surface area contributed by atoms with Crippen LogP contribution in [0.15, 0.2) is 16.9 Å². The minimum Gasteiger partial charge on any atom is -0.478 e. The SMILES string of the molecule is CCOc1c(-c2c(CC)cc(C)cc2C2CC2)c(=O)n2n1CCCC2. The third kappa shape index (κ3) is 2.72. The van der Waals surface area contributed by atoms with Crippen molar-refractivity contribution in [3.05, 3.63) is 39.2 Å². The molecular weight excluding hydrogens is 312 g/mol. The first-order valence-corrected chi connectivity index (χ1v) is 9.75. The molecule has 1 aromatic carbocycles. The molecule has 1 saturated carbocycles. The zero-order valence-corrected chi connectivity index (χ0v) is 15.6. The fourth-order valence-electron chi connectivity index (χ4n) is 4.23. The summed E-state index contributed by atoms with van der Waals surface area (Å²) < 4.78 is 10.0. The molecule has 0 N–H and O–H groups in total. The van der Waals surface area contributed by atoms with Gasteiger partial charge in [0.2, 0.25) is 5.88 Å². The standard InChI is InChI=1S/C21H28N2O2/c1-4-15-12-14(3)13-17(16-8-9-16)18(15)19-20(24)22-10-6-7-11-23(22)21(19)25-5-2/h12-13,16H,4-11H2,1-3H3. The number of hydrogen-bond donors (Lipinski definition) is 0. The van der Waals surface area contributed by atoms with Crippen molar-refractivity contribution < 1.29 is 4.74 Å². The third-order valence-electron chi connectivity index (χ3n) is 5.50. The summed E-state index contributed by atoms with van der Waals surface area (Å²) in [6.45, 7) is 8.60. The topological polar surface area (TPSA) is 36.2 Å². The lowest BCUT2D eigenvalue weighted by Crippen LogP contribution is -2.27. The van der Waals surface area contributed by atoms with Gasteiger partial charge in [0.25, 0.3) is 5.56 Å². The van der Waals surface area contributed by atoms with Gasteiger partial charge in [-0.25, -0.2) is 4.68 Å². The van der Waals surface area contributed by atoms with Crippen LogP contribution < -0.4 is 10.3 Å². The Balaban J connectivity index is 2.02. The van der Waals surface area contributed by atoms with Crippen molar-refractivity contribution in [1.29, 1.82) is 0 Å². The van der Waals surface area contributed by atoms with Crippen LogP contribution in [0.5, 0.6) is 5.88 Å². The number of fused-ring (bicyclic) bond motifs is 1. The van der Waals surface area contributed by atoms with Crippen molar-refractivity contribution in [3.63, 3.8) is 0 Å². The van der Waals surface area contributed by atoms with E-state index in [1.807, 2.05) is 11.6 Å². The molecule has 0 radical (unpaired) electrons. The Morgan fingerprint density at radius 2 is 1.80 bits per heavy atom.